The zero-order valence-corrected chi connectivity index (χ0v) is 26.7. The van der Waals surface area contributed by atoms with Gasteiger partial charge in [-0.3, -0.25) is 4.79 Å². The monoisotopic (exact) mass is 666 g/mol. The van der Waals surface area contributed by atoms with Gasteiger partial charge in [-0.15, -0.1) is 0 Å². The molecular formula is C30H29Cl3N2O7S. The van der Waals surface area contributed by atoms with E-state index >= 15 is 0 Å². The molecule has 1 aliphatic heterocycles. The van der Waals surface area contributed by atoms with Crippen molar-refractivity contribution in [2.75, 3.05) is 27.4 Å². The summed E-state index contributed by atoms with van der Waals surface area (Å²) in [6.07, 6.45) is 2.03. The summed E-state index contributed by atoms with van der Waals surface area (Å²) in [5.41, 5.74) is 1.32. The van der Waals surface area contributed by atoms with Crippen molar-refractivity contribution >= 4 is 62.8 Å². The van der Waals surface area contributed by atoms with E-state index in [9.17, 15) is 18.0 Å². The van der Waals surface area contributed by atoms with Gasteiger partial charge in [-0.2, -0.15) is 4.31 Å². The minimum Gasteiger partial charge on any atom is -0.465 e. The van der Waals surface area contributed by atoms with Crippen LogP contribution in [0.1, 0.15) is 30.4 Å². The van der Waals surface area contributed by atoms with E-state index in [1.807, 2.05) is 0 Å². The zero-order valence-electron chi connectivity index (χ0n) is 23.6. The lowest BCUT2D eigenvalue weighted by atomic mass is 10.1. The number of esters is 1. The highest BCUT2D eigenvalue weighted by atomic mass is 35.5. The van der Waals surface area contributed by atoms with Gasteiger partial charge in [0, 0.05) is 37.5 Å². The number of furan rings is 1. The fourth-order valence-electron chi connectivity index (χ4n) is 4.56. The summed E-state index contributed by atoms with van der Waals surface area (Å²) in [6.45, 7) is 2.29. The number of hydrogen-bond acceptors (Lipinski definition) is 7. The molecule has 0 bridgehead atoms. The number of sulfonamides is 1. The van der Waals surface area contributed by atoms with E-state index in [0.717, 1.165) is 0 Å². The lowest BCUT2D eigenvalue weighted by molar-refractivity contribution is -0.136. The molecule has 13 heteroatoms. The third kappa shape index (κ3) is 7.52. The third-order valence-corrected chi connectivity index (χ3v) is 9.52. The fraction of sp³-hybridized carbons (Fsp3) is 0.267. The minimum absolute atomic E-state index is 0.0394. The van der Waals surface area contributed by atoms with Gasteiger partial charge in [0.05, 0.1) is 39.7 Å². The summed E-state index contributed by atoms with van der Waals surface area (Å²) in [5.74, 6) is -0.477. The van der Waals surface area contributed by atoms with Crippen LogP contribution in [0, 0.1) is 0 Å². The van der Waals surface area contributed by atoms with E-state index in [0.29, 0.717) is 46.6 Å². The second-order valence-corrected chi connectivity index (χ2v) is 12.8. The van der Waals surface area contributed by atoms with Gasteiger partial charge in [0.15, 0.2) is 0 Å². The molecule has 0 N–H and O–H groups in total. The van der Waals surface area contributed by atoms with Crippen LogP contribution in [0.15, 0.2) is 80.8 Å². The number of carbonyl (C=O) groups is 2. The number of hydrogen-bond donors (Lipinski definition) is 0. The Morgan fingerprint density at radius 3 is 2.37 bits per heavy atom. The number of nitrogens with zero attached hydrogens (tertiary/aromatic N) is 2. The Bertz CT molecular complexity index is 1680. The van der Waals surface area contributed by atoms with Gasteiger partial charge >= 0.3 is 5.97 Å². The van der Waals surface area contributed by atoms with E-state index < -0.39 is 16.0 Å². The molecule has 0 saturated heterocycles. The second kappa shape index (κ2) is 14.1. The van der Waals surface area contributed by atoms with Crippen LogP contribution in [0.2, 0.25) is 15.1 Å². The van der Waals surface area contributed by atoms with Crippen LogP contribution in [0.5, 0.6) is 0 Å². The van der Waals surface area contributed by atoms with Gasteiger partial charge in [-0.25, -0.2) is 13.2 Å². The summed E-state index contributed by atoms with van der Waals surface area (Å²) < 4.78 is 44.7. The Morgan fingerprint density at radius 1 is 1.00 bits per heavy atom. The van der Waals surface area contributed by atoms with Crippen molar-refractivity contribution < 1.29 is 31.9 Å². The predicted octanol–water partition coefficient (Wildman–Crippen LogP) is 6.34. The molecule has 0 aliphatic carbocycles. The van der Waals surface area contributed by atoms with Crippen molar-refractivity contribution in [3.63, 3.8) is 0 Å². The quantitative estimate of drug-likeness (QED) is 0.126. The summed E-state index contributed by atoms with van der Waals surface area (Å²) in [7, 11) is -1.21. The molecule has 1 amide bonds. The highest BCUT2D eigenvalue weighted by Crippen LogP contribution is 2.33. The van der Waals surface area contributed by atoms with Crippen molar-refractivity contribution in [3.8, 4) is 0 Å². The van der Waals surface area contributed by atoms with Crippen LogP contribution in [0.3, 0.4) is 0 Å². The smallest absolute Gasteiger partial charge is 0.340 e. The minimum atomic E-state index is -4.02. The number of carbonyl (C=O) groups excluding carboxylic acids is 2. The molecule has 0 atom stereocenters. The highest BCUT2D eigenvalue weighted by molar-refractivity contribution is 7.89. The first-order chi connectivity index (χ1) is 20.5. The van der Waals surface area contributed by atoms with Gasteiger partial charge in [-0.05, 0) is 73.5 Å². The SMILES string of the molecule is COCCCN1C(=O)/C(=C/c2ccc(CN(Cc3ccc(Cl)c(Cl)c3)S(=O)(=O)c3ccc(Cl)cc3)o2)C(C(=O)OC)=C1C. The largest absolute Gasteiger partial charge is 0.465 e. The molecule has 0 unspecified atom stereocenters. The Kier molecular flexibility index (Phi) is 10.8. The molecule has 3 aromatic rings. The maximum atomic E-state index is 13.7. The Hall–Kier alpha value is -3.12. The topological polar surface area (TPSA) is 106 Å². The van der Waals surface area contributed by atoms with Crippen LogP contribution >= 0.6 is 34.8 Å². The van der Waals surface area contributed by atoms with Gasteiger partial charge in [0.25, 0.3) is 5.91 Å². The van der Waals surface area contributed by atoms with Gasteiger partial charge < -0.3 is 18.8 Å². The average molecular weight is 668 g/mol. The van der Waals surface area contributed by atoms with Crippen molar-refractivity contribution in [3.05, 3.63) is 104 Å². The van der Waals surface area contributed by atoms with Gasteiger partial charge in [0.2, 0.25) is 10.0 Å². The molecule has 0 spiro atoms. The first kappa shape index (κ1) is 32.8. The number of amides is 1. The van der Waals surface area contributed by atoms with Crippen LogP contribution in [0.25, 0.3) is 6.08 Å². The molecule has 4 rings (SSSR count). The number of benzene rings is 2. The first-order valence-electron chi connectivity index (χ1n) is 13.1. The van der Waals surface area contributed by atoms with Crippen LogP contribution < -0.4 is 0 Å². The molecule has 0 saturated carbocycles. The molecule has 1 aliphatic rings. The van der Waals surface area contributed by atoms with Crippen LogP contribution in [-0.2, 0) is 42.2 Å². The number of allylic oxidation sites excluding steroid dienone is 1. The average Bonchev–Trinajstić information content (AvgIpc) is 3.51. The molecule has 2 aromatic carbocycles. The van der Waals surface area contributed by atoms with Crippen molar-refractivity contribution in [2.24, 2.45) is 0 Å². The standard InChI is InChI=1S/C30H29Cl3N2O7S/c1-19-28(30(37)41-3)25(29(36)35(19)13-4-14-40-2)16-22-8-9-23(42-22)18-34(17-20-5-12-26(32)27(33)15-20)43(38,39)24-10-6-21(31)7-11-24/h5-12,15-16H,4,13-14,17-18H2,1-3H3/b25-16+. The molecular weight excluding hydrogens is 639 g/mol. The molecule has 0 radical (unpaired) electrons. The van der Waals surface area contributed by atoms with Crippen molar-refractivity contribution in [1.82, 2.24) is 9.21 Å². The number of halogens is 3. The maximum Gasteiger partial charge on any atom is 0.340 e. The van der Waals surface area contributed by atoms with Crippen molar-refractivity contribution in [2.45, 2.75) is 31.3 Å². The van der Waals surface area contributed by atoms with E-state index in [-0.39, 0.29) is 45.8 Å². The second-order valence-electron chi connectivity index (χ2n) is 9.59. The predicted molar refractivity (Wildman–Crippen MR) is 164 cm³/mol. The van der Waals surface area contributed by atoms with E-state index in [4.69, 9.17) is 48.7 Å². The number of rotatable bonds is 12. The first-order valence-corrected chi connectivity index (χ1v) is 15.6. The zero-order chi connectivity index (χ0) is 31.3. The van der Waals surface area contributed by atoms with E-state index in [1.54, 1.807) is 44.4 Å². The number of ether oxygens (including phenoxy) is 2. The maximum absolute atomic E-state index is 13.7. The van der Waals surface area contributed by atoms with Crippen LogP contribution in [-0.4, -0.2) is 56.9 Å². The highest BCUT2D eigenvalue weighted by Gasteiger charge is 2.37. The fourth-order valence-corrected chi connectivity index (χ4v) is 6.40. The summed E-state index contributed by atoms with van der Waals surface area (Å²) in [5, 5.41) is 1.03. The Morgan fingerprint density at radius 2 is 1.72 bits per heavy atom. The molecule has 2 heterocycles. The number of methoxy groups -OCH3 is 2. The lowest BCUT2D eigenvalue weighted by Gasteiger charge is -2.22. The van der Waals surface area contributed by atoms with E-state index in [1.165, 1.54) is 46.7 Å². The van der Waals surface area contributed by atoms with E-state index in [2.05, 4.69) is 0 Å². The molecule has 9 nitrogen and oxygen atoms in total. The third-order valence-electron chi connectivity index (χ3n) is 6.73. The lowest BCUT2D eigenvalue weighted by Crippen LogP contribution is -2.30. The summed E-state index contributed by atoms with van der Waals surface area (Å²) in [4.78, 5) is 27.5. The Balaban J connectivity index is 1.66. The Labute approximate surface area is 265 Å². The molecule has 0 fully saturated rings. The normalized spacial score (nSPS) is 14.8. The molecule has 228 valence electrons. The van der Waals surface area contributed by atoms with Crippen molar-refractivity contribution in [1.29, 1.82) is 0 Å². The summed E-state index contributed by atoms with van der Waals surface area (Å²) in [6, 6.07) is 13.9. The van der Waals surface area contributed by atoms with Gasteiger partial charge in [-0.1, -0.05) is 40.9 Å². The molecule has 1 aromatic heterocycles. The van der Waals surface area contributed by atoms with Crippen LogP contribution in [0.4, 0.5) is 0 Å². The summed E-state index contributed by atoms with van der Waals surface area (Å²) >= 11 is 18.2. The molecule has 43 heavy (non-hydrogen) atoms. The van der Waals surface area contributed by atoms with Gasteiger partial charge in [0.1, 0.15) is 11.5 Å².